The summed E-state index contributed by atoms with van der Waals surface area (Å²) in [6, 6.07) is 18.1. The Bertz CT molecular complexity index is 1080. The maximum Gasteiger partial charge on any atom is 0.261 e. The van der Waals surface area contributed by atoms with Gasteiger partial charge >= 0.3 is 0 Å². The summed E-state index contributed by atoms with van der Waals surface area (Å²) in [6.45, 7) is 2.47. The van der Waals surface area contributed by atoms with Crippen LogP contribution < -0.4 is 16.0 Å². The summed E-state index contributed by atoms with van der Waals surface area (Å²) in [6.07, 6.45) is 0.180. The lowest BCUT2D eigenvalue weighted by Gasteiger charge is -2.07. The Balaban J connectivity index is 1.48. The van der Waals surface area contributed by atoms with Crippen LogP contribution in [-0.4, -0.2) is 24.3 Å². The maximum atomic E-state index is 12.5. The van der Waals surface area contributed by atoms with Crippen molar-refractivity contribution in [2.24, 2.45) is 0 Å². The van der Waals surface area contributed by atoms with Crippen molar-refractivity contribution in [1.29, 1.82) is 0 Å². The highest BCUT2D eigenvalue weighted by atomic mass is 35.5. The molecule has 0 saturated carbocycles. The number of nitrogens with one attached hydrogen (secondary N) is 3. The minimum absolute atomic E-state index is 0.139. The van der Waals surface area contributed by atoms with Gasteiger partial charge in [-0.25, -0.2) is 0 Å². The number of benzene rings is 2. The molecule has 0 aliphatic carbocycles. The molecule has 0 fully saturated rings. The summed E-state index contributed by atoms with van der Waals surface area (Å²) in [5.74, 6) is -0.759. The highest BCUT2D eigenvalue weighted by molar-refractivity contribution is 7.18. The molecule has 3 rings (SSSR count). The molecule has 0 atom stereocenters. The Morgan fingerprint density at radius 1 is 0.935 bits per heavy atom. The number of aryl methyl sites for hydroxylation is 1. The highest BCUT2D eigenvalue weighted by Crippen LogP contribution is 2.27. The molecule has 31 heavy (non-hydrogen) atoms. The van der Waals surface area contributed by atoms with E-state index in [1.165, 1.54) is 11.3 Å². The van der Waals surface area contributed by atoms with Crippen LogP contribution in [0, 0.1) is 6.92 Å². The van der Waals surface area contributed by atoms with Gasteiger partial charge < -0.3 is 16.0 Å². The predicted octanol–water partition coefficient (Wildman–Crippen LogP) is 4.40. The lowest BCUT2D eigenvalue weighted by molar-refractivity contribution is -0.121. The summed E-state index contributed by atoms with van der Waals surface area (Å²) in [5.41, 5.74) is 2.12. The molecule has 6 nitrogen and oxygen atoms in total. The second kappa shape index (κ2) is 10.7. The Labute approximate surface area is 189 Å². The van der Waals surface area contributed by atoms with Crippen molar-refractivity contribution < 1.29 is 14.4 Å². The summed E-state index contributed by atoms with van der Waals surface area (Å²) in [5, 5.41) is 9.26. The number of rotatable bonds is 8. The molecular weight excluding hydrogens is 434 g/mol. The third-order valence-corrected chi connectivity index (χ3v) is 5.93. The molecule has 3 aromatic rings. The summed E-state index contributed by atoms with van der Waals surface area (Å²) >= 11 is 7.23. The molecule has 1 heterocycles. The van der Waals surface area contributed by atoms with Gasteiger partial charge in [0.15, 0.2) is 0 Å². The molecule has 0 bridgehead atoms. The van der Waals surface area contributed by atoms with Crippen LogP contribution in [0.25, 0.3) is 0 Å². The topological polar surface area (TPSA) is 87.3 Å². The maximum absolute atomic E-state index is 12.5. The molecule has 0 aliphatic heterocycles. The van der Waals surface area contributed by atoms with Crippen molar-refractivity contribution in [3.8, 4) is 0 Å². The molecule has 0 radical (unpaired) electrons. The van der Waals surface area contributed by atoms with E-state index in [-0.39, 0.29) is 30.7 Å². The van der Waals surface area contributed by atoms with Gasteiger partial charge in [0, 0.05) is 19.5 Å². The van der Waals surface area contributed by atoms with Crippen LogP contribution in [-0.2, 0) is 11.3 Å². The first-order chi connectivity index (χ1) is 14.9. The number of hydrogen-bond donors (Lipinski definition) is 3. The van der Waals surface area contributed by atoms with E-state index in [1.807, 2.05) is 30.3 Å². The monoisotopic (exact) mass is 455 g/mol. The first-order valence-corrected chi connectivity index (χ1v) is 10.9. The summed E-state index contributed by atoms with van der Waals surface area (Å²) < 4.78 is 0. The number of carbonyl (C=O) groups is 3. The molecule has 0 spiro atoms. The lowest BCUT2D eigenvalue weighted by atomic mass is 10.2. The van der Waals surface area contributed by atoms with Gasteiger partial charge in [0.1, 0.15) is 0 Å². The number of amides is 3. The standard InChI is InChI=1S/C23H22ClN3O3S/c1-15-13-20(27-22(29)17-9-5-6-10-18(17)24)31-21(15)23(30)25-12-11-19(28)26-14-16-7-3-2-4-8-16/h2-10,13H,11-12,14H2,1H3,(H,25,30)(H,26,28)(H,27,29). The zero-order chi connectivity index (χ0) is 22.2. The minimum Gasteiger partial charge on any atom is -0.352 e. The van der Waals surface area contributed by atoms with Crippen LogP contribution in [0.15, 0.2) is 60.7 Å². The van der Waals surface area contributed by atoms with Crippen LogP contribution in [0.4, 0.5) is 5.00 Å². The normalized spacial score (nSPS) is 10.4. The van der Waals surface area contributed by atoms with Crippen molar-refractivity contribution in [3.63, 3.8) is 0 Å². The number of thiophene rings is 1. The van der Waals surface area contributed by atoms with Gasteiger partial charge in [-0.15, -0.1) is 11.3 Å². The smallest absolute Gasteiger partial charge is 0.261 e. The lowest BCUT2D eigenvalue weighted by Crippen LogP contribution is -2.30. The molecule has 0 unspecified atom stereocenters. The van der Waals surface area contributed by atoms with E-state index in [9.17, 15) is 14.4 Å². The number of halogens is 1. The Morgan fingerprint density at radius 2 is 1.65 bits per heavy atom. The molecule has 1 aromatic heterocycles. The van der Waals surface area contributed by atoms with E-state index in [0.29, 0.717) is 27.0 Å². The zero-order valence-electron chi connectivity index (χ0n) is 16.9. The van der Waals surface area contributed by atoms with Crippen molar-refractivity contribution in [3.05, 3.63) is 87.3 Å². The molecule has 160 valence electrons. The van der Waals surface area contributed by atoms with Gasteiger partial charge in [0.25, 0.3) is 11.8 Å². The summed E-state index contributed by atoms with van der Waals surface area (Å²) in [4.78, 5) is 37.3. The molecule has 0 saturated heterocycles. The van der Waals surface area contributed by atoms with Gasteiger partial charge in [-0.05, 0) is 36.2 Å². The van der Waals surface area contributed by atoms with E-state index >= 15 is 0 Å². The molecule has 3 N–H and O–H groups in total. The Kier molecular flexibility index (Phi) is 7.81. The predicted molar refractivity (Wildman–Crippen MR) is 124 cm³/mol. The van der Waals surface area contributed by atoms with Crippen molar-refractivity contribution in [1.82, 2.24) is 10.6 Å². The molecule has 0 aliphatic rings. The van der Waals surface area contributed by atoms with Gasteiger partial charge in [0.05, 0.1) is 20.5 Å². The van der Waals surface area contributed by atoms with Crippen LogP contribution in [0.5, 0.6) is 0 Å². The zero-order valence-corrected chi connectivity index (χ0v) is 18.5. The molecule has 8 heteroatoms. The largest absolute Gasteiger partial charge is 0.352 e. The van der Waals surface area contributed by atoms with Gasteiger partial charge in [-0.2, -0.15) is 0 Å². The SMILES string of the molecule is Cc1cc(NC(=O)c2ccccc2Cl)sc1C(=O)NCCC(=O)NCc1ccccc1. The fraction of sp³-hybridized carbons (Fsp3) is 0.174. The van der Waals surface area contributed by atoms with Crippen LogP contribution in [0.2, 0.25) is 5.02 Å². The van der Waals surface area contributed by atoms with Crippen LogP contribution in [0.3, 0.4) is 0 Å². The number of hydrogen-bond acceptors (Lipinski definition) is 4. The average molecular weight is 456 g/mol. The van der Waals surface area contributed by atoms with E-state index in [0.717, 1.165) is 11.1 Å². The van der Waals surface area contributed by atoms with E-state index < -0.39 is 0 Å². The van der Waals surface area contributed by atoms with Crippen molar-refractivity contribution in [2.75, 3.05) is 11.9 Å². The second-order valence-corrected chi connectivity index (χ2v) is 8.28. The van der Waals surface area contributed by atoms with E-state index in [1.54, 1.807) is 37.3 Å². The average Bonchev–Trinajstić information content (AvgIpc) is 3.13. The quantitative estimate of drug-likeness (QED) is 0.470. The fourth-order valence-corrected chi connectivity index (χ4v) is 4.05. The van der Waals surface area contributed by atoms with Crippen LogP contribution in [0.1, 0.15) is 37.6 Å². The van der Waals surface area contributed by atoms with Gasteiger partial charge in [-0.3, -0.25) is 14.4 Å². The highest BCUT2D eigenvalue weighted by Gasteiger charge is 2.16. The van der Waals surface area contributed by atoms with Gasteiger partial charge in [0.2, 0.25) is 5.91 Å². The third-order valence-electron chi connectivity index (χ3n) is 4.45. The first kappa shape index (κ1) is 22.5. The molecular formula is C23H22ClN3O3S. The third kappa shape index (κ3) is 6.41. The first-order valence-electron chi connectivity index (χ1n) is 9.69. The number of carbonyl (C=O) groups excluding carboxylic acids is 3. The van der Waals surface area contributed by atoms with Crippen molar-refractivity contribution in [2.45, 2.75) is 19.9 Å². The van der Waals surface area contributed by atoms with E-state index in [4.69, 9.17) is 11.6 Å². The molecule has 3 amide bonds. The summed E-state index contributed by atoms with van der Waals surface area (Å²) in [7, 11) is 0. The van der Waals surface area contributed by atoms with Crippen molar-refractivity contribution >= 4 is 45.7 Å². The van der Waals surface area contributed by atoms with E-state index in [2.05, 4.69) is 16.0 Å². The van der Waals surface area contributed by atoms with Gasteiger partial charge in [-0.1, -0.05) is 54.1 Å². The Hall–Kier alpha value is -3.16. The Morgan fingerprint density at radius 3 is 2.39 bits per heavy atom. The minimum atomic E-state index is -0.339. The molecule has 2 aromatic carbocycles. The fourth-order valence-electron chi connectivity index (χ4n) is 2.85. The van der Waals surface area contributed by atoms with Crippen LogP contribution >= 0.6 is 22.9 Å². The second-order valence-electron chi connectivity index (χ2n) is 6.82. The number of anilines is 1.